The molecule has 1 aliphatic heterocycles. The molecule has 2 N–H and O–H groups in total. The zero-order valence-corrected chi connectivity index (χ0v) is 6.01. The molecule has 2 nitrogen and oxygen atoms in total. The van der Waals surface area contributed by atoms with Crippen molar-refractivity contribution in [2.24, 2.45) is 11.7 Å². The molecule has 0 bridgehead atoms. The highest BCUT2D eigenvalue weighted by atomic mass is 14.9. The van der Waals surface area contributed by atoms with Crippen LogP contribution in [-0.4, -0.2) is 19.1 Å². The van der Waals surface area contributed by atoms with E-state index in [9.17, 15) is 0 Å². The molecule has 0 aromatic carbocycles. The standard InChI is InChI=1S/C7H15N2/c1-2-7(8)6-3-4-9-5-6/h6-7H,2-5,8H2,1H3. The van der Waals surface area contributed by atoms with Gasteiger partial charge in [0.05, 0.1) is 0 Å². The van der Waals surface area contributed by atoms with E-state index in [-0.39, 0.29) is 0 Å². The normalized spacial score (nSPS) is 30.7. The largest absolute Gasteiger partial charge is 0.327 e. The summed E-state index contributed by atoms with van der Waals surface area (Å²) in [6.07, 6.45) is 2.31. The maximum atomic E-state index is 5.82. The average Bonchev–Trinajstić information content (AvgIpc) is 2.37. The van der Waals surface area contributed by atoms with Crippen LogP contribution in [0.3, 0.4) is 0 Å². The van der Waals surface area contributed by atoms with Gasteiger partial charge in [-0.25, -0.2) is 5.32 Å². The van der Waals surface area contributed by atoms with Crippen LogP contribution in [0.1, 0.15) is 19.8 Å². The highest BCUT2D eigenvalue weighted by Crippen LogP contribution is 2.13. The lowest BCUT2D eigenvalue weighted by Crippen LogP contribution is -2.29. The molecule has 0 spiro atoms. The van der Waals surface area contributed by atoms with E-state index in [2.05, 4.69) is 12.2 Å². The van der Waals surface area contributed by atoms with Gasteiger partial charge in [-0.1, -0.05) is 6.92 Å². The molecule has 1 saturated heterocycles. The number of hydrogen-bond donors (Lipinski definition) is 1. The molecule has 1 fully saturated rings. The maximum Gasteiger partial charge on any atom is 0.0176 e. The van der Waals surface area contributed by atoms with Gasteiger partial charge in [0.25, 0.3) is 0 Å². The predicted octanol–water partition coefficient (Wildman–Crippen LogP) is 0.348. The second-order valence-electron chi connectivity index (χ2n) is 2.75. The van der Waals surface area contributed by atoms with Gasteiger partial charge in [-0.3, -0.25) is 0 Å². The van der Waals surface area contributed by atoms with Crippen molar-refractivity contribution in [1.29, 1.82) is 0 Å². The Balaban J connectivity index is 2.24. The first kappa shape index (κ1) is 7.03. The van der Waals surface area contributed by atoms with Crippen LogP contribution in [0.5, 0.6) is 0 Å². The van der Waals surface area contributed by atoms with Crippen LogP contribution in [0.25, 0.3) is 0 Å². The van der Waals surface area contributed by atoms with Gasteiger partial charge in [0, 0.05) is 19.1 Å². The molecule has 1 aliphatic rings. The summed E-state index contributed by atoms with van der Waals surface area (Å²) in [5.74, 6) is 0.690. The lowest BCUT2D eigenvalue weighted by atomic mass is 9.98. The van der Waals surface area contributed by atoms with E-state index in [0.29, 0.717) is 12.0 Å². The lowest BCUT2D eigenvalue weighted by molar-refractivity contribution is 0.443. The average molecular weight is 127 g/mol. The smallest absolute Gasteiger partial charge is 0.0176 e. The highest BCUT2D eigenvalue weighted by molar-refractivity contribution is 4.78. The van der Waals surface area contributed by atoms with Crippen LogP contribution < -0.4 is 11.1 Å². The Kier molecular flexibility index (Phi) is 2.49. The number of rotatable bonds is 2. The summed E-state index contributed by atoms with van der Waals surface area (Å²) in [6, 6.07) is 0.399. The van der Waals surface area contributed by atoms with Crippen molar-refractivity contribution in [2.45, 2.75) is 25.8 Å². The van der Waals surface area contributed by atoms with Crippen molar-refractivity contribution >= 4 is 0 Å². The second kappa shape index (κ2) is 3.18. The third-order valence-corrected chi connectivity index (χ3v) is 2.10. The number of nitrogens with two attached hydrogens (primary N) is 1. The van der Waals surface area contributed by atoms with Gasteiger partial charge in [0.15, 0.2) is 0 Å². The van der Waals surface area contributed by atoms with Crippen molar-refractivity contribution in [3.63, 3.8) is 0 Å². The predicted molar refractivity (Wildman–Crippen MR) is 38.2 cm³/mol. The summed E-state index contributed by atoms with van der Waals surface area (Å²) in [5.41, 5.74) is 5.82. The molecule has 0 saturated carbocycles. The van der Waals surface area contributed by atoms with Gasteiger partial charge < -0.3 is 5.73 Å². The van der Waals surface area contributed by atoms with Gasteiger partial charge in [-0.05, 0) is 18.8 Å². The second-order valence-corrected chi connectivity index (χ2v) is 2.75. The van der Waals surface area contributed by atoms with Gasteiger partial charge >= 0.3 is 0 Å². The molecule has 1 radical (unpaired) electrons. The monoisotopic (exact) mass is 127 g/mol. The Morgan fingerprint density at radius 3 is 3.00 bits per heavy atom. The third-order valence-electron chi connectivity index (χ3n) is 2.10. The van der Waals surface area contributed by atoms with Crippen molar-refractivity contribution in [1.82, 2.24) is 5.32 Å². The van der Waals surface area contributed by atoms with Gasteiger partial charge in [0.1, 0.15) is 0 Å². The molecule has 1 rings (SSSR count). The van der Waals surface area contributed by atoms with Crippen molar-refractivity contribution in [2.75, 3.05) is 13.1 Å². The minimum absolute atomic E-state index is 0.399. The molecule has 2 heteroatoms. The zero-order valence-electron chi connectivity index (χ0n) is 6.01. The zero-order chi connectivity index (χ0) is 6.69. The quantitative estimate of drug-likeness (QED) is 0.571. The van der Waals surface area contributed by atoms with E-state index in [1.807, 2.05) is 0 Å². The maximum absolute atomic E-state index is 5.82. The Morgan fingerprint density at radius 1 is 1.78 bits per heavy atom. The fourth-order valence-electron chi connectivity index (χ4n) is 1.29. The molecule has 2 unspecified atom stereocenters. The first-order chi connectivity index (χ1) is 4.34. The van der Waals surface area contributed by atoms with E-state index in [4.69, 9.17) is 5.73 Å². The van der Waals surface area contributed by atoms with E-state index in [1.54, 1.807) is 0 Å². The molecule has 53 valence electrons. The molecule has 2 atom stereocenters. The Morgan fingerprint density at radius 2 is 2.56 bits per heavy atom. The summed E-state index contributed by atoms with van der Waals surface area (Å²) in [5, 5.41) is 4.25. The molecule has 0 amide bonds. The molecular weight excluding hydrogens is 112 g/mol. The summed E-state index contributed by atoms with van der Waals surface area (Å²) < 4.78 is 0. The molecular formula is C7H15N2. The van der Waals surface area contributed by atoms with E-state index < -0.39 is 0 Å². The number of nitrogens with zero attached hydrogens (tertiary/aromatic N) is 1. The van der Waals surface area contributed by atoms with Crippen LogP contribution in [0.4, 0.5) is 0 Å². The fraction of sp³-hybridized carbons (Fsp3) is 1.00. The van der Waals surface area contributed by atoms with Gasteiger partial charge in [-0.2, -0.15) is 0 Å². The van der Waals surface area contributed by atoms with Crippen LogP contribution in [0, 0.1) is 5.92 Å². The molecule has 1 heterocycles. The summed E-state index contributed by atoms with van der Waals surface area (Å²) in [4.78, 5) is 0. The minimum Gasteiger partial charge on any atom is -0.327 e. The Labute approximate surface area is 56.8 Å². The van der Waals surface area contributed by atoms with E-state index >= 15 is 0 Å². The van der Waals surface area contributed by atoms with Crippen LogP contribution >= 0.6 is 0 Å². The summed E-state index contributed by atoms with van der Waals surface area (Å²) in [6.45, 7) is 4.19. The molecule has 0 aromatic rings. The first-order valence-corrected chi connectivity index (χ1v) is 3.73. The van der Waals surface area contributed by atoms with E-state index in [0.717, 1.165) is 19.5 Å². The number of hydrogen-bond acceptors (Lipinski definition) is 1. The topological polar surface area (TPSA) is 40.1 Å². The first-order valence-electron chi connectivity index (χ1n) is 3.73. The van der Waals surface area contributed by atoms with Crippen molar-refractivity contribution < 1.29 is 0 Å². The molecule has 9 heavy (non-hydrogen) atoms. The van der Waals surface area contributed by atoms with Crippen LogP contribution in [-0.2, 0) is 0 Å². The SMILES string of the molecule is CCC(N)C1CC[N]C1. The van der Waals surface area contributed by atoms with Gasteiger partial charge in [-0.15, -0.1) is 0 Å². The van der Waals surface area contributed by atoms with Gasteiger partial charge in [0.2, 0.25) is 0 Å². The highest BCUT2D eigenvalue weighted by Gasteiger charge is 2.20. The Hall–Kier alpha value is -0.0800. The fourth-order valence-corrected chi connectivity index (χ4v) is 1.29. The minimum atomic E-state index is 0.399. The van der Waals surface area contributed by atoms with Crippen molar-refractivity contribution in [3.8, 4) is 0 Å². The van der Waals surface area contributed by atoms with Crippen molar-refractivity contribution in [3.05, 3.63) is 0 Å². The Bertz CT molecular complexity index is 77.0. The van der Waals surface area contributed by atoms with E-state index in [1.165, 1.54) is 6.42 Å². The van der Waals surface area contributed by atoms with Crippen LogP contribution in [0.15, 0.2) is 0 Å². The third kappa shape index (κ3) is 1.66. The summed E-state index contributed by atoms with van der Waals surface area (Å²) in [7, 11) is 0. The van der Waals surface area contributed by atoms with Crippen LogP contribution in [0.2, 0.25) is 0 Å². The summed E-state index contributed by atoms with van der Waals surface area (Å²) >= 11 is 0. The lowest BCUT2D eigenvalue weighted by Gasteiger charge is -2.14. The molecule has 0 aliphatic carbocycles. The molecule has 0 aromatic heterocycles.